The van der Waals surface area contributed by atoms with Crippen molar-refractivity contribution >= 4 is 40.6 Å². The molecule has 7 nitrogen and oxygen atoms in total. The van der Waals surface area contributed by atoms with Crippen LogP contribution >= 0.6 is 11.6 Å². The molecular formula is C19H22ClN3O4. The van der Waals surface area contributed by atoms with Crippen molar-refractivity contribution in [1.29, 1.82) is 0 Å². The van der Waals surface area contributed by atoms with Crippen molar-refractivity contribution in [3.05, 3.63) is 45.7 Å². The molecule has 1 heterocycles. The molecule has 3 N–H and O–H groups in total. The lowest BCUT2D eigenvalue weighted by Crippen LogP contribution is -2.27. The zero-order valence-corrected chi connectivity index (χ0v) is 16.6. The standard InChI is InChI=1S/C19H22ClN3O4/c1-9-16(19(26)27-5)10(2)22-17(9)18(25)11(3)21-13-6-7-15(14(20)8-13)23-12(4)24/h6-8,11,21-22H,1-5H3,(H,23,24)/t11-/m0/s1. The number of anilines is 2. The Kier molecular flexibility index (Phi) is 6.28. The number of ketones is 1. The molecule has 0 spiro atoms. The fourth-order valence-electron chi connectivity index (χ4n) is 2.83. The average molecular weight is 392 g/mol. The van der Waals surface area contributed by atoms with E-state index in [-0.39, 0.29) is 11.7 Å². The summed E-state index contributed by atoms with van der Waals surface area (Å²) in [6.07, 6.45) is 0. The number of halogens is 1. The summed E-state index contributed by atoms with van der Waals surface area (Å²) < 4.78 is 4.77. The van der Waals surface area contributed by atoms with Crippen LogP contribution in [0, 0.1) is 13.8 Å². The fraction of sp³-hybridized carbons (Fsp3) is 0.316. The van der Waals surface area contributed by atoms with Gasteiger partial charge >= 0.3 is 5.97 Å². The molecule has 0 unspecified atom stereocenters. The molecule has 0 aliphatic rings. The predicted molar refractivity (Wildman–Crippen MR) is 105 cm³/mol. The second-order valence-corrected chi connectivity index (χ2v) is 6.63. The van der Waals surface area contributed by atoms with E-state index in [0.29, 0.717) is 38.9 Å². The van der Waals surface area contributed by atoms with Crippen LogP contribution in [0.2, 0.25) is 5.02 Å². The van der Waals surface area contributed by atoms with Crippen LogP contribution in [0.15, 0.2) is 18.2 Å². The second-order valence-electron chi connectivity index (χ2n) is 6.22. The number of H-pyrrole nitrogens is 1. The van der Waals surface area contributed by atoms with Crippen molar-refractivity contribution in [3.8, 4) is 0 Å². The Bertz CT molecular complexity index is 905. The first kappa shape index (κ1) is 20.5. The Morgan fingerprint density at radius 3 is 2.44 bits per heavy atom. The summed E-state index contributed by atoms with van der Waals surface area (Å²) in [5.74, 6) is -0.908. The molecule has 2 aromatic rings. The predicted octanol–water partition coefficient (Wildman–Crippen LogP) is 3.71. The molecule has 0 saturated heterocycles. The maximum absolute atomic E-state index is 12.8. The van der Waals surface area contributed by atoms with Gasteiger partial charge in [-0.1, -0.05) is 11.6 Å². The highest BCUT2D eigenvalue weighted by Crippen LogP contribution is 2.26. The van der Waals surface area contributed by atoms with Gasteiger partial charge in [0.2, 0.25) is 11.7 Å². The first-order valence-electron chi connectivity index (χ1n) is 8.31. The number of carbonyl (C=O) groups excluding carboxylic acids is 3. The van der Waals surface area contributed by atoms with Gasteiger partial charge in [0.25, 0.3) is 0 Å². The quantitative estimate of drug-likeness (QED) is 0.514. The third-order valence-electron chi connectivity index (χ3n) is 4.13. The van der Waals surface area contributed by atoms with E-state index in [4.69, 9.17) is 16.3 Å². The number of methoxy groups -OCH3 is 1. The second kappa shape index (κ2) is 8.26. The molecule has 8 heteroatoms. The summed E-state index contributed by atoms with van der Waals surface area (Å²) in [6, 6.07) is 4.43. The number of rotatable bonds is 6. The Morgan fingerprint density at radius 1 is 1.22 bits per heavy atom. The fourth-order valence-corrected chi connectivity index (χ4v) is 3.06. The van der Waals surface area contributed by atoms with Crippen LogP contribution in [-0.4, -0.2) is 35.8 Å². The smallest absolute Gasteiger partial charge is 0.339 e. The normalized spacial score (nSPS) is 11.6. The van der Waals surface area contributed by atoms with Crippen LogP contribution in [0.1, 0.15) is 46.0 Å². The van der Waals surface area contributed by atoms with Gasteiger partial charge in [0, 0.05) is 18.3 Å². The lowest BCUT2D eigenvalue weighted by molar-refractivity contribution is -0.114. The first-order chi connectivity index (χ1) is 12.6. The van der Waals surface area contributed by atoms with Gasteiger partial charge in [-0.15, -0.1) is 0 Å². The Hall–Kier alpha value is -2.80. The molecule has 144 valence electrons. The maximum Gasteiger partial charge on any atom is 0.339 e. The highest BCUT2D eigenvalue weighted by atomic mass is 35.5. The zero-order chi connectivity index (χ0) is 20.3. The Morgan fingerprint density at radius 2 is 1.89 bits per heavy atom. The summed E-state index contributed by atoms with van der Waals surface area (Å²) in [6.45, 7) is 6.53. The highest BCUT2D eigenvalue weighted by Gasteiger charge is 2.25. The molecule has 2 rings (SSSR count). The molecule has 0 bridgehead atoms. The number of hydrogen-bond acceptors (Lipinski definition) is 5. The number of hydrogen-bond donors (Lipinski definition) is 3. The minimum absolute atomic E-state index is 0.201. The van der Waals surface area contributed by atoms with Crippen LogP contribution in [-0.2, 0) is 9.53 Å². The molecule has 0 aliphatic carbocycles. The molecule has 1 amide bonds. The third-order valence-corrected chi connectivity index (χ3v) is 4.44. The van der Waals surface area contributed by atoms with Crippen molar-refractivity contribution in [2.75, 3.05) is 17.7 Å². The van der Waals surface area contributed by atoms with Crippen molar-refractivity contribution in [2.24, 2.45) is 0 Å². The van der Waals surface area contributed by atoms with Crippen molar-refractivity contribution in [3.63, 3.8) is 0 Å². The number of aromatic amines is 1. The van der Waals surface area contributed by atoms with E-state index in [2.05, 4.69) is 15.6 Å². The Labute approximate surface area is 162 Å². The topological polar surface area (TPSA) is 100 Å². The summed E-state index contributed by atoms with van der Waals surface area (Å²) >= 11 is 6.16. The van der Waals surface area contributed by atoms with Crippen LogP contribution in [0.4, 0.5) is 11.4 Å². The number of ether oxygens (including phenoxy) is 1. The molecule has 0 fully saturated rings. The number of Topliss-reactive ketones (excluding diaryl/α,β-unsaturated/α-hetero) is 1. The van der Waals surface area contributed by atoms with Gasteiger partial charge in [0.15, 0.2) is 0 Å². The molecule has 1 aromatic heterocycles. The molecular weight excluding hydrogens is 370 g/mol. The van der Waals surface area contributed by atoms with E-state index < -0.39 is 12.0 Å². The number of nitrogens with one attached hydrogen (secondary N) is 3. The van der Waals surface area contributed by atoms with E-state index in [0.717, 1.165) is 0 Å². The van der Waals surface area contributed by atoms with Crippen molar-refractivity contribution in [1.82, 2.24) is 4.98 Å². The highest BCUT2D eigenvalue weighted by molar-refractivity contribution is 6.34. The van der Waals surface area contributed by atoms with Gasteiger partial charge in [-0.2, -0.15) is 0 Å². The number of amides is 1. The van der Waals surface area contributed by atoms with Gasteiger partial charge in [-0.05, 0) is 44.5 Å². The average Bonchev–Trinajstić information content (AvgIpc) is 2.90. The molecule has 1 atom stereocenters. The molecule has 0 saturated carbocycles. The van der Waals surface area contributed by atoms with E-state index in [1.54, 1.807) is 39.0 Å². The van der Waals surface area contributed by atoms with Gasteiger partial charge in [0.05, 0.1) is 35.1 Å². The van der Waals surface area contributed by atoms with Crippen LogP contribution in [0.25, 0.3) is 0 Å². The minimum Gasteiger partial charge on any atom is -0.465 e. The number of esters is 1. The number of carbonyl (C=O) groups is 3. The first-order valence-corrected chi connectivity index (χ1v) is 8.68. The van der Waals surface area contributed by atoms with E-state index in [1.807, 2.05) is 0 Å². The molecule has 1 aromatic carbocycles. The minimum atomic E-state index is -0.574. The zero-order valence-electron chi connectivity index (χ0n) is 15.8. The largest absolute Gasteiger partial charge is 0.465 e. The summed E-state index contributed by atoms with van der Waals surface area (Å²) in [5.41, 5.74) is 2.98. The third kappa shape index (κ3) is 4.49. The van der Waals surface area contributed by atoms with Crippen LogP contribution < -0.4 is 10.6 Å². The van der Waals surface area contributed by atoms with Gasteiger partial charge < -0.3 is 20.4 Å². The molecule has 0 aliphatic heterocycles. The van der Waals surface area contributed by atoms with Crippen LogP contribution in [0.3, 0.4) is 0 Å². The molecule has 0 radical (unpaired) electrons. The van der Waals surface area contributed by atoms with E-state index >= 15 is 0 Å². The van der Waals surface area contributed by atoms with Crippen molar-refractivity contribution in [2.45, 2.75) is 33.7 Å². The summed E-state index contributed by atoms with van der Waals surface area (Å²) in [7, 11) is 1.30. The van der Waals surface area contributed by atoms with Crippen LogP contribution in [0.5, 0.6) is 0 Å². The van der Waals surface area contributed by atoms with Gasteiger partial charge in [-0.3, -0.25) is 9.59 Å². The summed E-state index contributed by atoms with van der Waals surface area (Å²) in [4.78, 5) is 38.8. The number of aryl methyl sites for hydroxylation is 1. The summed E-state index contributed by atoms with van der Waals surface area (Å²) in [5, 5.41) is 6.05. The SMILES string of the molecule is COC(=O)c1c(C)[nH]c(C(=O)[C@H](C)Nc2ccc(NC(C)=O)c(Cl)c2)c1C. The lowest BCUT2D eigenvalue weighted by atomic mass is 10.0. The van der Waals surface area contributed by atoms with Gasteiger partial charge in [0.1, 0.15) is 0 Å². The Balaban J connectivity index is 2.20. The van der Waals surface area contributed by atoms with E-state index in [9.17, 15) is 14.4 Å². The molecule has 27 heavy (non-hydrogen) atoms. The van der Waals surface area contributed by atoms with Gasteiger partial charge in [-0.25, -0.2) is 4.79 Å². The number of benzene rings is 1. The lowest BCUT2D eigenvalue weighted by Gasteiger charge is -2.15. The maximum atomic E-state index is 12.8. The van der Waals surface area contributed by atoms with Crippen molar-refractivity contribution < 1.29 is 19.1 Å². The monoisotopic (exact) mass is 391 g/mol. The van der Waals surface area contributed by atoms with E-state index in [1.165, 1.54) is 14.0 Å². The number of aromatic nitrogens is 1.